The van der Waals surface area contributed by atoms with Crippen LogP contribution in [0.15, 0.2) is 10.6 Å². The summed E-state index contributed by atoms with van der Waals surface area (Å²) in [4.78, 5) is 4.25. The van der Waals surface area contributed by atoms with Gasteiger partial charge in [0.1, 0.15) is 5.76 Å². The summed E-state index contributed by atoms with van der Waals surface area (Å²) in [6.07, 6.45) is 7.54. The number of likely N-dealkylation sites (N-methyl/N-ethyl adjacent to an activating group) is 1. The molecule has 2 heterocycles. The zero-order valence-electron chi connectivity index (χ0n) is 9.87. The maximum Gasteiger partial charge on any atom is 0.195 e. The van der Waals surface area contributed by atoms with E-state index in [0.717, 1.165) is 44.1 Å². The Morgan fingerprint density at radius 1 is 1.50 bits per heavy atom. The highest BCUT2D eigenvalue weighted by Crippen LogP contribution is 2.18. The van der Waals surface area contributed by atoms with E-state index in [1.54, 1.807) is 0 Å². The van der Waals surface area contributed by atoms with Crippen LogP contribution < -0.4 is 5.32 Å². The molecule has 16 heavy (non-hydrogen) atoms. The van der Waals surface area contributed by atoms with Gasteiger partial charge in [0.25, 0.3) is 0 Å². The normalized spacial score (nSPS) is 20.4. The van der Waals surface area contributed by atoms with Gasteiger partial charge in [0.2, 0.25) is 0 Å². The first-order valence-corrected chi connectivity index (χ1v) is 6.08. The number of hydrogen-bond donors (Lipinski definition) is 1. The molecule has 1 atom stereocenters. The van der Waals surface area contributed by atoms with Crippen LogP contribution in [0.1, 0.15) is 30.9 Å². The van der Waals surface area contributed by atoms with Crippen LogP contribution in [0, 0.1) is 0 Å². The molecule has 0 aliphatic carbocycles. The van der Waals surface area contributed by atoms with Crippen molar-refractivity contribution in [2.45, 2.75) is 38.2 Å². The highest BCUT2D eigenvalue weighted by molar-refractivity contribution is 4.95. The lowest BCUT2D eigenvalue weighted by molar-refractivity contribution is 0.103. The number of oxazole rings is 1. The average Bonchev–Trinajstić information content (AvgIpc) is 2.95. The van der Waals surface area contributed by atoms with Crippen molar-refractivity contribution < 1.29 is 9.15 Å². The van der Waals surface area contributed by atoms with Gasteiger partial charge in [-0.3, -0.25) is 0 Å². The summed E-state index contributed by atoms with van der Waals surface area (Å²) >= 11 is 0. The first-order chi connectivity index (χ1) is 7.88. The first kappa shape index (κ1) is 11.6. The van der Waals surface area contributed by atoms with Crippen LogP contribution in [0.5, 0.6) is 0 Å². The predicted octanol–water partition coefficient (Wildman–Crippen LogP) is 1.55. The third-order valence-electron chi connectivity index (χ3n) is 2.93. The van der Waals surface area contributed by atoms with Gasteiger partial charge in [0, 0.05) is 26.0 Å². The Balaban J connectivity index is 1.73. The van der Waals surface area contributed by atoms with Crippen LogP contribution in [0.3, 0.4) is 0 Å². The van der Waals surface area contributed by atoms with E-state index in [4.69, 9.17) is 9.15 Å². The average molecular weight is 224 g/mol. The molecule has 4 nitrogen and oxygen atoms in total. The summed E-state index contributed by atoms with van der Waals surface area (Å²) in [6.45, 7) is 1.83. The van der Waals surface area contributed by atoms with E-state index in [-0.39, 0.29) is 0 Å². The van der Waals surface area contributed by atoms with E-state index >= 15 is 0 Å². The standard InChI is InChI=1S/C12H20N2O2/c1-13-7-6-12-14-9-11(16-12)5-4-10-3-2-8-15-10/h9-10,13H,2-8H2,1H3. The summed E-state index contributed by atoms with van der Waals surface area (Å²) in [6, 6.07) is 0. The molecule has 2 rings (SSSR count). The molecule has 1 unspecified atom stereocenters. The minimum Gasteiger partial charge on any atom is -0.446 e. The van der Waals surface area contributed by atoms with Crippen LogP contribution in [0.4, 0.5) is 0 Å². The number of nitrogens with zero attached hydrogens (tertiary/aromatic N) is 1. The number of hydrogen-bond acceptors (Lipinski definition) is 4. The van der Waals surface area contributed by atoms with Gasteiger partial charge in [0.05, 0.1) is 12.3 Å². The Hall–Kier alpha value is -0.870. The van der Waals surface area contributed by atoms with Crippen molar-refractivity contribution in [2.24, 2.45) is 0 Å². The molecule has 0 radical (unpaired) electrons. The Kier molecular flexibility index (Phi) is 4.36. The van der Waals surface area contributed by atoms with Gasteiger partial charge in [-0.05, 0) is 26.3 Å². The molecule has 4 heteroatoms. The maximum absolute atomic E-state index is 5.64. The summed E-state index contributed by atoms with van der Waals surface area (Å²) in [7, 11) is 1.93. The molecule has 1 aromatic heterocycles. The van der Waals surface area contributed by atoms with E-state index in [1.807, 2.05) is 13.2 Å². The largest absolute Gasteiger partial charge is 0.446 e. The van der Waals surface area contributed by atoms with Gasteiger partial charge in [-0.1, -0.05) is 0 Å². The van der Waals surface area contributed by atoms with Crippen molar-refractivity contribution in [1.29, 1.82) is 0 Å². The molecular weight excluding hydrogens is 204 g/mol. The second-order valence-electron chi connectivity index (χ2n) is 4.25. The molecular formula is C12H20N2O2. The van der Waals surface area contributed by atoms with Crippen LogP contribution >= 0.6 is 0 Å². The fourth-order valence-electron chi connectivity index (χ4n) is 1.99. The molecule has 1 aliphatic heterocycles. The lowest BCUT2D eigenvalue weighted by atomic mass is 10.1. The molecule has 0 spiro atoms. The minimum absolute atomic E-state index is 0.436. The van der Waals surface area contributed by atoms with Crippen LogP contribution in [0.25, 0.3) is 0 Å². The Morgan fingerprint density at radius 3 is 3.19 bits per heavy atom. The van der Waals surface area contributed by atoms with Gasteiger partial charge in [-0.25, -0.2) is 4.98 Å². The highest BCUT2D eigenvalue weighted by atomic mass is 16.5. The van der Waals surface area contributed by atoms with Crippen molar-refractivity contribution in [3.8, 4) is 0 Å². The van der Waals surface area contributed by atoms with Crippen molar-refractivity contribution >= 4 is 0 Å². The summed E-state index contributed by atoms with van der Waals surface area (Å²) in [5.41, 5.74) is 0. The highest BCUT2D eigenvalue weighted by Gasteiger charge is 2.16. The summed E-state index contributed by atoms with van der Waals surface area (Å²) in [5.74, 6) is 1.82. The molecule has 0 aromatic carbocycles. The van der Waals surface area contributed by atoms with Gasteiger partial charge in [-0.15, -0.1) is 0 Å². The number of nitrogens with one attached hydrogen (secondary N) is 1. The lowest BCUT2D eigenvalue weighted by Crippen LogP contribution is -2.10. The SMILES string of the molecule is CNCCc1ncc(CCC2CCCO2)o1. The molecule has 0 amide bonds. The molecule has 0 saturated carbocycles. The zero-order chi connectivity index (χ0) is 11.2. The third kappa shape index (κ3) is 3.32. The third-order valence-corrected chi connectivity index (χ3v) is 2.93. The van der Waals surface area contributed by atoms with Crippen molar-refractivity contribution in [3.05, 3.63) is 17.8 Å². The second kappa shape index (κ2) is 6.01. The molecule has 1 aliphatic rings. The second-order valence-corrected chi connectivity index (χ2v) is 4.25. The number of ether oxygens (including phenoxy) is 1. The molecule has 1 saturated heterocycles. The number of rotatable bonds is 6. The quantitative estimate of drug-likeness (QED) is 0.796. The van der Waals surface area contributed by atoms with Crippen LogP contribution in [-0.2, 0) is 17.6 Å². The number of aryl methyl sites for hydroxylation is 1. The monoisotopic (exact) mass is 224 g/mol. The Bertz CT molecular complexity index is 306. The molecule has 1 fully saturated rings. The smallest absolute Gasteiger partial charge is 0.195 e. The molecule has 1 aromatic rings. The van der Waals surface area contributed by atoms with Gasteiger partial charge >= 0.3 is 0 Å². The first-order valence-electron chi connectivity index (χ1n) is 6.08. The van der Waals surface area contributed by atoms with Gasteiger partial charge in [-0.2, -0.15) is 0 Å². The van der Waals surface area contributed by atoms with Crippen molar-refractivity contribution in [1.82, 2.24) is 10.3 Å². The Morgan fingerprint density at radius 2 is 2.44 bits per heavy atom. The van der Waals surface area contributed by atoms with Crippen LogP contribution in [0.2, 0.25) is 0 Å². The van der Waals surface area contributed by atoms with Crippen molar-refractivity contribution in [2.75, 3.05) is 20.2 Å². The van der Waals surface area contributed by atoms with E-state index in [2.05, 4.69) is 10.3 Å². The van der Waals surface area contributed by atoms with E-state index < -0.39 is 0 Å². The van der Waals surface area contributed by atoms with Crippen LogP contribution in [-0.4, -0.2) is 31.3 Å². The lowest BCUT2D eigenvalue weighted by Gasteiger charge is -2.06. The number of aromatic nitrogens is 1. The van der Waals surface area contributed by atoms with E-state index in [0.29, 0.717) is 6.10 Å². The predicted molar refractivity (Wildman–Crippen MR) is 61.4 cm³/mol. The summed E-state index contributed by atoms with van der Waals surface area (Å²) < 4.78 is 11.2. The molecule has 0 bridgehead atoms. The fraction of sp³-hybridized carbons (Fsp3) is 0.750. The van der Waals surface area contributed by atoms with Gasteiger partial charge < -0.3 is 14.5 Å². The maximum atomic E-state index is 5.64. The summed E-state index contributed by atoms with van der Waals surface area (Å²) in [5, 5.41) is 3.08. The van der Waals surface area contributed by atoms with E-state index in [9.17, 15) is 0 Å². The molecule has 1 N–H and O–H groups in total. The van der Waals surface area contributed by atoms with Gasteiger partial charge in [0.15, 0.2) is 5.89 Å². The topological polar surface area (TPSA) is 47.3 Å². The molecule has 90 valence electrons. The zero-order valence-corrected chi connectivity index (χ0v) is 9.87. The van der Waals surface area contributed by atoms with E-state index in [1.165, 1.54) is 12.8 Å². The Labute approximate surface area is 96.4 Å². The van der Waals surface area contributed by atoms with Crippen molar-refractivity contribution in [3.63, 3.8) is 0 Å². The fourth-order valence-corrected chi connectivity index (χ4v) is 1.99. The minimum atomic E-state index is 0.436.